The second-order valence-electron chi connectivity index (χ2n) is 5.33. The molecule has 2 heterocycles. The number of likely N-dealkylation sites (tertiary alicyclic amines) is 1. The van der Waals surface area contributed by atoms with Crippen LogP contribution in [-0.4, -0.2) is 33.9 Å². The summed E-state index contributed by atoms with van der Waals surface area (Å²) in [4.78, 5) is 2.27. The van der Waals surface area contributed by atoms with Gasteiger partial charge in [0, 0.05) is 12.2 Å². The molecule has 1 aliphatic heterocycles. The summed E-state index contributed by atoms with van der Waals surface area (Å²) in [7, 11) is 0. The van der Waals surface area contributed by atoms with Crippen molar-refractivity contribution in [2.45, 2.75) is 45.2 Å². The molecule has 2 rings (SSSR count). The third-order valence-corrected chi connectivity index (χ3v) is 3.70. The molecule has 1 aliphatic rings. The first kappa shape index (κ1) is 13.9. The molecule has 1 fully saturated rings. The highest BCUT2D eigenvalue weighted by Gasteiger charge is 2.28. The summed E-state index contributed by atoms with van der Waals surface area (Å²) in [5.74, 6) is -0.106. The lowest BCUT2D eigenvalue weighted by molar-refractivity contribution is 0.149. The minimum absolute atomic E-state index is 0.0235. The van der Waals surface area contributed by atoms with E-state index < -0.39 is 5.82 Å². The van der Waals surface area contributed by atoms with E-state index in [1.807, 2.05) is 0 Å². The highest BCUT2D eigenvalue weighted by molar-refractivity contribution is 5.86. The predicted molar refractivity (Wildman–Crippen MR) is 72.9 cm³/mol. The van der Waals surface area contributed by atoms with Crippen LogP contribution in [0.15, 0.2) is 18.3 Å². The topological polar surface area (TPSA) is 55.9 Å². The van der Waals surface area contributed by atoms with E-state index in [-0.39, 0.29) is 11.5 Å². The zero-order chi connectivity index (χ0) is 14.0. The Labute approximate surface area is 112 Å². The van der Waals surface area contributed by atoms with Crippen molar-refractivity contribution in [3.63, 3.8) is 0 Å². The second kappa shape index (κ2) is 5.65. The SMILES string of the molecule is CC(C)N1CCCC[C@H]1C(=N)n1cc(F)ccc1=N. The normalized spacial score (nSPS) is 20.7. The second-order valence-corrected chi connectivity index (χ2v) is 5.33. The minimum Gasteiger partial charge on any atom is -0.291 e. The molecule has 1 atom stereocenters. The van der Waals surface area contributed by atoms with Gasteiger partial charge in [-0.1, -0.05) is 6.42 Å². The molecule has 0 bridgehead atoms. The highest BCUT2D eigenvalue weighted by atomic mass is 19.1. The number of pyridine rings is 1. The number of hydrogen-bond donors (Lipinski definition) is 2. The summed E-state index contributed by atoms with van der Waals surface area (Å²) >= 11 is 0. The molecular weight excluding hydrogens is 243 g/mol. The first-order valence-electron chi connectivity index (χ1n) is 6.78. The van der Waals surface area contributed by atoms with Gasteiger partial charge in [0.05, 0.1) is 6.04 Å². The van der Waals surface area contributed by atoms with Gasteiger partial charge in [0.1, 0.15) is 17.1 Å². The van der Waals surface area contributed by atoms with E-state index in [9.17, 15) is 4.39 Å². The van der Waals surface area contributed by atoms with Crippen LogP contribution in [0.5, 0.6) is 0 Å². The van der Waals surface area contributed by atoms with Crippen molar-refractivity contribution in [1.82, 2.24) is 9.47 Å². The molecule has 19 heavy (non-hydrogen) atoms. The molecule has 0 saturated carbocycles. The average molecular weight is 264 g/mol. The standard InChI is InChI=1S/C14H21FN4/c1-10(2)18-8-4-3-5-12(18)14(17)19-9-11(15)6-7-13(19)16/h6-7,9-10,12,16-17H,3-5,8H2,1-2H3/t12-/m0/s1. The van der Waals surface area contributed by atoms with Crippen molar-refractivity contribution in [1.29, 1.82) is 10.8 Å². The van der Waals surface area contributed by atoms with Crippen LogP contribution in [0.4, 0.5) is 4.39 Å². The van der Waals surface area contributed by atoms with Gasteiger partial charge in [-0.05, 0) is 45.4 Å². The molecule has 0 radical (unpaired) electrons. The van der Waals surface area contributed by atoms with Crippen LogP contribution < -0.4 is 5.49 Å². The molecule has 1 saturated heterocycles. The van der Waals surface area contributed by atoms with E-state index in [4.69, 9.17) is 10.8 Å². The quantitative estimate of drug-likeness (QED) is 0.624. The Morgan fingerprint density at radius 2 is 2.11 bits per heavy atom. The number of nitrogens with one attached hydrogen (secondary N) is 2. The Morgan fingerprint density at radius 1 is 1.37 bits per heavy atom. The summed E-state index contributed by atoms with van der Waals surface area (Å²) in [5, 5.41) is 16.1. The van der Waals surface area contributed by atoms with Gasteiger partial charge < -0.3 is 0 Å². The van der Waals surface area contributed by atoms with Crippen molar-refractivity contribution in [2.75, 3.05) is 6.54 Å². The Kier molecular flexibility index (Phi) is 4.14. The van der Waals surface area contributed by atoms with Crippen LogP contribution in [0.2, 0.25) is 0 Å². The lowest BCUT2D eigenvalue weighted by Crippen LogP contribution is -2.51. The van der Waals surface area contributed by atoms with Gasteiger partial charge in [-0.3, -0.25) is 20.3 Å². The molecule has 0 aliphatic carbocycles. The smallest absolute Gasteiger partial charge is 0.140 e. The van der Waals surface area contributed by atoms with Crippen molar-refractivity contribution < 1.29 is 4.39 Å². The van der Waals surface area contributed by atoms with Crippen molar-refractivity contribution >= 4 is 5.84 Å². The summed E-state index contributed by atoms with van der Waals surface area (Å²) < 4.78 is 14.7. The van der Waals surface area contributed by atoms with Crippen molar-refractivity contribution in [3.8, 4) is 0 Å². The van der Waals surface area contributed by atoms with Crippen molar-refractivity contribution in [2.24, 2.45) is 0 Å². The van der Waals surface area contributed by atoms with Crippen molar-refractivity contribution in [3.05, 3.63) is 29.6 Å². The van der Waals surface area contributed by atoms with Crippen LogP contribution in [0.25, 0.3) is 0 Å². The zero-order valence-electron chi connectivity index (χ0n) is 11.5. The average Bonchev–Trinajstić information content (AvgIpc) is 2.40. The number of nitrogens with zero attached hydrogens (tertiary/aromatic N) is 2. The van der Waals surface area contributed by atoms with Gasteiger partial charge in [-0.15, -0.1) is 0 Å². The Hall–Kier alpha value is -1.49. The third kappa shape index (κ3) is 2.92. The fraction of sp³-hybridized carbons (Fsp3) is 0.571. The molecule has 4 nitrogen and oxygen atoms in total. The minimum atomic E-state index is -0.410. The maximum Gasteiger partial charge on any atom is 0.140 e. The van der Waals surface area contributed by atoms with E-state index in [1.165, 1.54) is 22.9 Å². The molecule has 0 aromatic carbocycles. The van der Waals surface area contributed by atoms with E-state index in [1.54, 1.807) is 0 Å². The van der Waals surface area contributed by atoms with Gasteiger partial charge in [0.2, 0.25) is 0 Å². The van der Waals surface area contributed by atoms with Gasteiger partial charge in [0.15, 0.2) is 0 Å². The van der Waals surface area contributed by atoms with Crippen LogP contribution >= 0.6 is 0 Å². The summed E-state index contributed by atoms with van der Waals surface area (Å²) in [6, 6.07) is 2.98. The largest absolute Gasteiger partial charge is 0.291 e. The molecule has 0 spiro atoms. The first-order chi connectivity index (χ1) is 9.00. The predicted octanol–water partition coefficient (Wildman–Crippen LogP) is 2.19. The van der Waals surface area contributed by atoms with E-state index in [0.717, 1.165) is 25.8 Å². The third-order valence-electron chi connectivity index (χ3n) is 3.70. The molecule has 1 aromatic rings. The first-order valence-corrected chi connectivity index (χ1v) is 6.78. The van der Waals surface area contributed by atoms with E-state index >= 15 is 0 Å². The van der Waals surface area contributed by atoms with Crippen LogP contribution in [0, 0.1) is 16.6 Å². The van der Waals surface area contributed by atoms with Crippen LogP contribution in [0.1, 0.15) is 33.1 Å². The Balaban J connectivity index is 2.31. The number of aromatic nitrogens is 1. The van der Waals surface area contributed by atoms with Gasteiger partial charge in [-0.25, -0.2) is 4.39 Å². The number of rotatable bonds is 2. The monoisotopic (exact) mass is 264 g/mol. The highest BCUT2D eigenvalue weighted by Crippen LogP contribution is 2.20. The van der Waals surface area contributed by atoms with E-state index in [2.05, 4.69) is 18.7 Å². The lowest BCUT2D eigenvalue weighted by Gasteiger charge is -2.39. The molecule has 0 amide bonds. The summed E-state index contributed by atoms with van der Waals surface area (Å²) in [6.45, 7) is 5.20. The summed E-state index contributed by atoms with van der Waals surface area (Å²) in [5.41, 5.74) is 0.153. The number of halogens is 1. The zero-order valence-corrected chi connectivity index (χ0v) is 11.5. The Bertz CT molecular complexity index is 520. The van der Waals surface area contributed by atoms with Gasteiger partial charge in [0.25, 0.3) is 0 Å². The number of hydrogen-bond acceptors (Lipinski definition) is 3. The molecule has 1 aromatic heterocycles. The molecule has 2 N–H and O–H groups in total. The van der Waals surface area contributed by atoms with Gasteiger partial charge >= 0.3 is 0 Å². The molecule has 104 valence electrons. The van der Waals surface area contributed by atoms with Gasteiger partial charge in [-0.2, -0.15) is 0 Å². The molecule has 5 heteroatoms. The van der Waals surface area contributed by atoms with E-state index in [0.29, 0.717) is 11.9 Å². The fourth-order valence-electron chi connectivity index (χ4n) is 2.70. The fourth-order valence-corrected chi connectivity index (χ4v) is 2.70. The van der Waals surface area contributed by atoms with Crippen LogP contribution in [-0.2, 0) is 0 Å². The molecule has 0 unspecified atom stereocenters. The number of piperidine rings is 1. The Morgan fingerprint density at radius 3 is 2.79 bits per heavy atom. The maximum absolute atomic E-state index is 13.3. The maximum atomic E-state index is 13.3. The van der Waals surface area contributed by atoms with Crippen LogP contribution in [0.3, 0.4) is 0 Å². The lowest BCUT2D eigenvalue weighted by atomic mass is 9.99. The molecular formula is C14H21FN4. The summed E-state index contributed by atoms with van der Waals surface area (Å²) in [6.07, 6.45) is 4.36.